The Balaban J connectivity index is 3.03. The van der Waals surface area contributed by atoms with E-state index in [1.54, 1.807) is 0 Å². The van der Waals surface area contributed by atoms with Gasteiger partial charge < -0.3 is 10.2 Å². The molecule has 0 aliphatic heterocycles. The molecule has 0 aromatic carbocycles. The van der Waals surface area contributed by atoms with Crippen LogP contribution in [0.15, 0.2) is 0 Å². The molecule has 0 saturated carbocycles. The molecule has 11 heavy (non-hydrogen) atoms. The van der Waals surface area contributed by atoms with Crippen molar-refractivity contribution in [3.05, 3.63) is 0 Å². The summed E-state index contributed by atoms with van der Waals surface area (Å²) in [7, 11) is 0. The first-order chi connectivity index (χ1) is 5.13. The van der Waals surface area contributed by atoms with Gasteiger partial charge in [-0.25, -0.2) is 10.3 Å². The van der Waals surface area contributed by atoms with E-state index >= 15 is 0 Å². The summed E-state index contributed by atoms with van der Waals surface area (Å²) >= 11 is 0. The van der Waals surface area contributed by atoms with Crippen LogP contribution >= 0.6 is 0 Å². The number of hydrogen-bond donors (Lipinski definition) is 3. The van der Waals surface area contributed by atoms with Gasteiger partial charge in [-0.15, -0.1) is 0 Å². The van der Waals surface area contributed by atoms with Crippen molar-refractivity contribution in [2.24, 2.45) is 0 Å². The summed E-state index contributed by atoms with van der Waals surface area (Å²) in [5.74, 6) is -2.07. The molecule has 64 valence electrons. The second-order valence-electron chi connectivity index (χ2n) is 1.72. The van der Waals surface area contributed by atoms with Gasteiger partial charge in [-0.1, -0.05) is 0 Å². The zero-order chi connectivity index (χ0) is 8.69. The number of nitrogens with one attached hydrogen (secondary N) is 1. The molecular weight excluding hydrogens is 154 g/mol. The highest BCUT2D eigenvalue weighted by Crippen LogP contribution is 1.75. The van der Waals surface area contributed by atoms with Crippen molar-refractivity contribution in [1.29, 1.82) is 0 Å². The summed E-state index contributed by atoms with van der Waals surface area (Å²) in [6.07, 6.45) is -0.0976. The maximum Gasteiger partial charge on any atom is 0.331 e. The molecule has 0 aliphatic rings. The first-order valence-corrected chi connectivity index (χ1v) is 2.91. The van der Waals surface area contributed by atoms with Gasteiger partial charge in [-0.05, 0) is 0 Å². The maximum atomic E-state index is 9.88. The molecule has 0 heterocycles. The third kappa shape index (κ3) is 8.86. The van der Waals surface area contributed by atoms with Crippen LogP contribution in [0.3, 0.4) is 0 Å². The molecule has 0 radical (unpaired) electrons. The van der Waals surface area contributed by atoms with E-state index in [0.717, 1.165) is 0 Å². The monoisotopic (exact) mass is 163 g/mol. The second-order valence-corrected chi connectivity index (χ2v) is 1.72. The quantitative estimate of drug-likeness (QED) is 0.345. The Morgan fingerprint density at radius 3 is 2.36 bits per heavy atom. The molecular formula is C5H9NO5. The fraction of sp³-hybridized carbons (Fsp3) is 0.600. The summed E-state index contributed by atoms with van der Waals surface area (Å²) in [6.45, 7) is -0.373. The Bertz CT molecular complexity index is 130. The van der Waals surface area contributed by atoms with Crippen molar-refractivity contribution < 1.29 is 24.6 Å². The molecule has 6 nitrogen and oxygen atoms in total. The van der Waals surface area contributed by atoms with Gasteiger partial charge in [0.1, 0.15) is 0 Å². The third-order valence-corrected chi connectivity index (χ3v) is 0.739. The van der Waals surface area contributed by atoms with Crippen LogP contribution in [0.2, 0.25) is 0 Å². The fourth-order valence-electron chi connectivity index (χ4n) is 0.343. The zero-order valence-corrected chi connectivity index (χ0v) is 5.74. The Labute approximate surface area is 62.7 Å². The van der Waals surface area contributed by atoms with E-state index in [2.05, 4.69) is 10.3 Å². The molecule has 0 fully saturated rings. The molecule has 0 aromatic rings. The summed E-state index contributed by atoms with van der Waals surface area (Å²) in [5.41, 5.74) is 2.19. The van der Waals surface area contributed by atoms with Crippen molar-refractivity contribution in [3.8, 4) is 0 Å². The topological polar surface area (TPSA) is 95.9 Å². The normalized spacial score (nSPS) is 9.45. The Hall–Kier alpha value is -1.14. The van der Waals surface area contributed by atoms with Crippen LogP contribution in [0.1, 0.15) is 6.42 Å². The summed E-state index contributed by atoms with van der Waals surface area (Å²) in [5, 5.41) is 16.2. The van der Waals surface area contributed by atoms with Gasteiger partial charge in [0.05, 0.1) is 6.42 Å². The third-order valence-electron chi connectivity index (χ3n) is 0.739. The van der Waals surface area contributed by atoms with Crippen molar-refractivity contribution >= 4 is 11.9 Å². The first kappa shape index (κ1) is 9.86. The van der Waals surface area contributed by atoms with Gasteiger partial charge in [0.25, 0.3) is 0 Å². The van der Waals surface area contributed by atoms with Gasteiger partial charge >= 0.3 is 11.9 Å². The van der Waals surface area contributed by atoms with Crippen molar-refractivity contribution in [2.45, 2.75) is 6.42 Å². The minimum atomic E-state index is -1.10. The van der Waals surface area contributed by atoms with E-state index in [-0.39, 0.29) is 13.0 Å². The molecule has 6 heteroatoms. The lowest BCUT2D eigenvalue weighted by Gasteiger charge is -1.99. The summed E-state index contributed by atoms with van der Waals surface area (Å²) in [4.78, 5) is 24.0. The first-order valence-electron chi connectivity index (χ1n) is 2.91. The molecule has 3 N–H and O–H groups in total. The zero-order valence-electron chi connectivity index (χ0n) is 5.74. The van der Waals surface area contributed by atoms with Crippen LogP contribution in [-0.2, 0) is 14.4 Å². The largest absolute Gasteiger partial charge is 0.481 e. The number of carboxylic acids is 2. The van der Waals surface area contributed by atoms with E-state index < -0.39 is 18.5 Å². The Morgan fingerprint density at radius 1 is 1.27 bits per heavy atom. The van der Waals surface area contributed by atoms with E-state index in [4.69, 9.17) is 10.2 Å². The number of hydroxylamine groups is 1. The Kier molecular flexibility index (Phi) is 5.05. The summed E-state index contributed by atoms with van der Waals surface area (Å²) < 4.78 is 0. The van der Waals surface area contributed by atoms with E-state index in [1.807, 2.05) is 0 Å². The van der Waals surface area contributed by atoms with Crippen LogP contribution in [0.5, 0.6) is 0 Å². The number of aliphatic carboxylic acids is 2. The van der Waals surface area contributed by atoms with E-state index in [0.29, 0.717) is 0 Å². The van der Waals surface area contributed by atoms with Gasteiger partial charge in [-0.2, -0.15) is 0 Å². The lowest BCUT2D eigenvalue weighted by molar-refractivity contribution is -0.145. The van der Waals surface area contributed by atoms with Crippen LogP contribution in [-0.4, -0.2) is 35.3 Å². The molecule has 0 aromatic heterocycles. The van der Waals surface area contributed by atoms with Crippen molar-refractivity contribution in [2.75, 3.05) is 13.2 Å². The second kappa shape index (κ2) is 5.63. The van der Waals surface area contributed by atoms with Crippen molar-refractivity contribution in [3.63, 3.8) is 0 Å². The minimum Gasteiger partial charge on any atom is -0.481 e. The smallest absolute Gasteiger partial charge is 0.331 e. The average Bonchev–Trinajstić information content (AvgIpc) is 1.85. The fourth-order valence-corrected chi connectivity index (χ4v) is 0.343. The molecule has 0 unspecified atom stereocenters. The van der Waals surface area contributed by atoms with Crippen LogP contribution in [0.4, 0.5) is 0 Å². The van der Waals surface area contributed by atoms with Crippen molar-refractivity contribution in [1.82, 2.24) is 5.48 Å². The number of carbonyl (C=O) groups is 2. The predicted molar refractivity (Wildman–Crippen MR) is 33.8 cm³/mol. The highest BCUT2D eigenvalue weighted by atomic mass is 16.7. The van der Waals surface area contributed by atoms with Gasteiger partial charge in [0.2, 0.25) is 0 Å². The standard InChI is InChI=1S/C5H9NO5/c7-4(8)1-2-6-11-3-5(9)10/h6H,1-3H2,(H,7,8)(H,9,10). The minimum absolute atomic E-state index is 0.0976. The maximum absolute atomic E-state index is 9.88. The van der Waals surface area contributed by atoms with Gasteiger partial charge in [-0.3, -0.25) is 9.63 Å². The molecule has 0 spiro atoms. The molecule has 0 atom stereocenters. The molecule has 0 aliphatic carbocycles. The average molecular weight is 163 g/mol. The number of carboxylic acid groups (broad SMARTS) is 2. The molecule has 0 amide bonds. The molecule has 0 rings (SSSR count). The highest BCUT2D eigenvalue weighted by Gasteiger charge is 1.97. The van der Waals surface area contributed by atoms with Crippen LogP contribution in [0, 0.1) is 0 Å². The SMILES string of the molecule is O=C(O)CCNOCC(=O)O. The predicted octanol–water partition coefficient (Wildman–Crippen LogP) is -0.933. The summed E-state index contributed by atoms with van der Waals surface area (Å²) in [6, 6.07) is 0. The number of rotatable bonds is 6. The number of hydrogen-bond acceptors (Lipinski definition) is 4. The Morgan fingerprint density at radius 2 is 1.91 bits per heavy atom. The van der Waals surface area contributed by atoms with Crippen LogP contribution < -0.4 is 5.48 Å². The van der Waals surface area contributed by atoms with Gasteiger partial charge in [0, 0.05) is 6.54 Å². The lowest BCUT2D eigenvalue weighted by atomic mass is 10.4. The molecule has 0 saturated heterocycles. The van der Waals surface area contributed by atoms with E-state index in [9.17, 15) is 9.59 Å². The molecule has 0 bridgehead atoms. The van der Waals surface area contributed by atoms with Crippen LogP contribution in [0.25, 0.3) is 0 Å². The van der Waals surface area contributed by atoms with Gasteiger partial charge in [0.15, 0.2) is 6.61 Å². The van der Waals surface area contributed by atoms with E-state index in [1.165, 1.54) is 0 Å². The highest BCUT2D eigenvalue weighted by molar-refractivity contribution is 5.68. The lowest BCUT2D eigenvalue weighted by Crippen LogP contribution is -2.22.